The number of hydrogen-bond donors (Lipinski definition) is 4. The van der Waals surface area contributed by atoms with E-state index in [1.54, 1.807) is 0 Å². The minimum Gasteiger partial charge on any atom is -0.330 e. The molecule has 0 heterocycles. The number of rotatable bonds is 41. The first-order valence-electron chi connectivity index (χ1n) is 20.3. The van der Waals surface area contributed by atoms with Crippen LogP contribution in [0.5, 0.6) is 0 Å². The van der Waals surface area contributed by atoms with Crippen molar-refractivity contribution < 1.29 is 27.2 Å². The summed E-state index contributed by atoms with van der Waals surface area (Å²) in [7, 11) is -6.37. The molecule has 0 saturated heterocycles. The third kappa shape index (κ3) is 30.5. The van der Waals surface area contributed by atoms with Crippen molar-refractivity contribution >= 4 is 15.2 Å². The van der Waals surface area contributed by atoms with Gasteiger partial charge >= 0.3 is 15.2 Å². The van der Waals surface area contributed by atoms with Crippen LogP contribution in [0.1, 0.15) is 129 Å². The number of hydrogen-bond acceptors (Lipinski definition) is 12. The molecule has 8 N–H and O–H groups in total. The molecule has 0 aromatic rings. The van der Waals surface area contributed by atoms with Crippen LogP contribution in [-0.4, -0.2) is 114 Å². The summed E-state index contributed by atoms with van der Waals surface area (Å²) in [4.78, 5) is 4.56. The van der Waals surface area contributed by atoms with E-state index >= 15 is 0 Å². The van der Waals surface area contributed by atoms with Gasteiger partial charge in [0.25, 0.3) is 0 Å². The lowest BCUT2D eigenvalue weighted by molar-refractivity contribution is 0.189. The predicted octanol–water partition coefficient (Wildman–Crippen LogP) is 6.94. The van der Waals surface area contributed by atoms with Crippen molar-refractivity contribution in [2.24, 2.45) is 22.9 Å². The van der Waals surface area contributed by atoms with Crippen LogP contribution >= 0.6 is 15.2 Å². The Hall–Kier alpha value is 0.0600. The van der Waals surface area contributed by atoms with Gasteiger partial charge in [-0.05, 0) is 104 Å². The quantitative estimate of drug-likeness (QED) is 0.0373. The Kier molecular flexibility index (Phi) is 36.1. The minimum absolute atomic E-state index is 0.391. The molecule has 14 heteroatoms. The van der Waals surface area contributed by atoms with Gasteiger partial charge in [-0.15, -0.1) is 0 Å². The van der Waals surface area contributed by atoms with Gasteiger partial charge in [-0.25, -0.2) is 0 Å². The van der Waals surface area contributed by atoms with Gasteiger partial charge in [0.15, 0.2) is 0 Å². The van der Waals surface area contributed by atoms with Crippen LogP contribution in [-0.2, 0) is 27.2 Å². The molecule has 0 aromatic heterocycles. The standard InChI is InChI=1S/C36H82N6O6P2/c1-3-5-7-13-31-45-49(43,35-29-41(25-17-21-37)26-18-22-38)47-33-15-11-9-10-12-16-34-48-50(44,46-32-14-8-6-4-2)36-30-42(27-19-23-39)28-20-24-40/h3-40H2,1-2H3. The van der Waals surface area contributed by atoms with E-state index in [2.05, 4.69) is 23.6 Å². The van der Waals surface area contributed by atoms with Gasteiger partial charge in [-0.1, -0.05) is 78.1 Å². The van der Waals surface area contributed by atoms with E-state index in [1.807, 2.05) is 0 Å². The first kappa shape index (κ1) is 50.1. The first-order valence-corrected chi connectivity index (χ1v) is 23.8. The Morgan fingerprint density at radius 2 is 0.640 bits per heavy atom. The average molecular weight is 757 g/mol. The van der Waals surface area contributed by atoms with Crippen molar-refractivity contribution in [2.75, 3.05) is 104 Å². The monoisotopic (exact) mass is 757 g/mol. The normalized spacial score (nSPS) is 14.5. The van der Waals surface area contributed by atoms with Crippen LogP contribution in [0.25, 0.3) is 0 Å². The number of unbranched alkanes of at least 4 members (excludes halogenated alkanes) is 11. The fourth-order valence-corrected chi connectivity index (χ4v) is 8.92. The summed E-state index contributed by atoms with van der Waals surface area (Å²) < 4.78 is 51.3. The highest BCUT2D eigenvalue weighted by atomic mass is 31.2. The van der Waals surface area contributed by atoms with Gasteiger partial charge in [-0.2, -0.15) is 0 Å². The molecule has 12 nitrogen and oxygen atoms in total. The molecular formula is C36H82N6O6P2. The summed E-state index contributed by atoms with van der Waals surface area (Å²) in [6.45, 7) is 13.5. The second-order valence-electron chi connectivity index (χ2n) is 13.5. The van der Waals surface area contributed by atoms with Gasteiger partial charge in [-0.3, -0.25) is 9.13 Å². The molecule has 2 unspecified atom stereocenters. The van der Waals surface area contributed by atoms with Gasteiger partial charge in [0, 0.05) is 13.1 Å². The maximum absolute atomic E-state index is 13.7. The Morgan fingerprint density at radius 1 is 0.380 bits per heavy atom. The summed E-state index contributed by atoms with van der Waals surface area (Å²) in [6.07, 6.45) is 18.7. The molecule has 0 spiro atoms. The lowest BCUT2D eigenvalue weighted by atomic mass is 10.1. The van der Waals surface area contributed by atoms with Crippen molar-refractivity contribution in [3.8, 4) is 0 Å². The Labute approximate surface area is 308 Å². The fourth-order valence-electron chi connectivity index (χ4n) is 5.57. The zero-order chi connectivity index (χ0) is 37.0. The zero-order valence-electron chi connectivity index (χ0n) is 32.6. The maximum atomic E-state index is 13.7. The second-order valence-corrected chi connectivity index (χ2v) is 17.9. The van der Waals surface area contributed by atoms with Gasteiger partial charge in [0.2, 0.25) is 0 Å². The maximum Gasteiger partial charge on any atom is 0.331 e. The van der Waals surface area contributed by atoms with E-state index in [4.69, 9.17) is 41.0 Å². The van der Waals surface area contributed by atoms with Crippen molar-refractivity contribution in [3.63, 3.8) is 0 Å². The Morgan fingerprint density at radius 3 is 0.900 bits per heavy atom. The van der Waals surface area contributed by atoms with E-state index in [9.17, 15) is 9.13 Å². The number of nitrogens with two attached hydrogens (primary N) is 4. The van der Waals surface area contributed by atoms with Crippen molar-refractivity contribution in [1.29, 1.82) is 0 Å². The lowest BCUT2D eigenvalue weighted by Gasteiger charge is -2.25. The average Bonchev–Trinajstić information content (AvgIpc) is 3.11. The molecule has 50 heavy (non-hydrogen) atoms. The number of nitrogens with zero attached hydrogens (tertiary/aromatic N) is 2. The predicted molar refractivity (Wildman–Crippen MR) is 212 cm³/mol. The largest absolute Gasteiger partial charge is 0.331 e. The molecular weight excluding hydrogens is 674 g/mol. The molecule has 0 aliphatic carbocycles. The molecule has 0 saturated carbocycles. The van der Waals surface area contributed by atoms with Gasteiger partial charge in [0.1, 0.15) is 0 Å². The molecule has 302 valence electrons. The highest BCUT2D eigenvalue weighted by Gasteiger charge is 2.26. The van der Waals surface area contributed by atoms with Crippen molar-refractivity contribution in [1.82, 2.24) is 9.80 Å². The van der Waals surface area contributed by atoms with Crippen LogP contribution in [0.2, 0.25) is 0 Å². The molecule has 0 radical (unpaired) electrons. The fraction of sp³-hybridized carbons (Fsp3) is 1.00. The second kappa shape index (κ2) is 36.1. The van der Waals surface area contributed by atoms with Crippen LogP contribution < -0.4 is 22.9 Å². The van der Waals surface area contributed by atoms with E-state index < -0.39 is 15.2 Å². The van der Waals surface area contributed by atoms with Gasteiger partial charge < -0.3 is 50.8 Å². The molecule has 0 bridgehead atoms. The summed E-state index contributed by atoms with van der Waals surface area (Å²) >= 11 is 0. The summed E-state index contributed by atoms with van der Waals surface area (Å²) in [5.41, 5.74) is 22.9. The first-order chi connectivity index (χ1) is 24.3. The Balaban J connectivity index is 4.67. The van der Waals surface area contributed by atoms with Gasteiger partial charge in [0.05, 0.1) is 38.8 Å². The molecule has 0 amide bonds. The topological polar surface area (TPSA) is 182 Å². The molecule has 2 atom stereocenters. The van der Waals surface area contributed by atoms with Crippen LogP contribution in [0.15, 0.2) is 0 Å². The van der Waals surface area contributed by atoms with Crippen molar-refractivity contribution in [3.05, 3.63) is 0 Å². The molecule has 0 aliphatic rings. The van der Waals surface area contributed by atoms with Crippen LogP contribution in [0.3, 0.4) is 0 Å². The summed E-state index contributed by atoms with van der Waals surface area (Å²) in [6, 6.07) is 0. The SMILES string of the molecule is CCCCCCOP(=O)(CCN(CCCN)CCCN)OCCCCCCCCOP(=O)(CCN(CCCN)CCCN)OCCCCCC. The Bertz CT molecular complexity index is 739. The molecule has 0 aromatic carbocycles. The van der Waals surface area contributed by atoms with E-state index in [-0.39, 0.29) is 0 Å². The third-order valence-corrected chi connectivity index (χ3v) is 12.6. The summed E-state index contributed by atoms with van der Waals surface area (Å²) in [5, 5.41) is 0. The highest BCUT2D eigenvalue weighted by Crippen LogP contribution is 2.49. The van der Waals surface area contributed by atoms with Crippen LogP contribution in [0, 0.1) is 0 Å². The zero-order valence-corrected chi connectivity index (χ0v) is 34.4. The summed E-state index contributed by atoms with van der Waals surface area (Å²) in [5.74, 6) is 0. The van der Waals surface area contributed by atoms with Crippen LogP contribution in [0.4, 0.5) is 0 Å². The lowest BCUT2D eigenvalue weighted by Crippen LogP contribution is -2.31. The van der Waals surface area contributed by atoms with Crippen molar-refractivity contribution in [2.45, 2.75) is 129 Å². The molecule has 0 rings (SSSR count). The third-order valence-electron chi connectivity index (χ3n) is 8.78. The molecule has 0 fully saturated rings. The minimum atomic E-state index is -3.18. The van der Waals surface area contributed by atoms with E-state index in [0.717, 1.165) is 142 Å². The molecule has 0 aliphatic heterocycles. The van der Waals surface area contributed by atoms with E-state index in [0.29, 0.717) is 78.0 Å². The highest BCUT2D eigenvalue weighted by molar-refractivity contribution is 7.54. The smallest absolute Gasteiger partial charge is 0.330 e. The van der Waals surface area contributed by atoms with E-state index in [1.165, 1.54) is 0 Å².